The van der Waals surface area contributed by atoms with Crippen LogP contribution in [0, 0.1) is 5.92 Å². The minimum absolute atomic E-state index is 0.480. The smallest absolute Gasteiger partial charge is 0.0613 e. The lowest BCUT2D eigenvalue weighted by molar-refractivity contribution is 0.166. The summed E-state index contributed by atoms with van der Waals surface area (Å²) in [7, 11) is 1.77. The Morgan fingerprint density at radius 1 is 1.20 bits per heavy atom. The summed E-state index contributed by atoms with van der Waals surface area (Å²) in [6.45, 7) is 5.30. The van der Waals surface area contributed by atoms with Gasteiger partial charge in [-0.2, -0.15) is 0 Å². The average Bonchev–Trinajstić information content (AvgIpc) is 2.67. The van der Waals surface area contributed by atoms with Crippen molar-refractivity contribution in [1.29, 1.82) is 0 Å². The van der Waals surface area contributed by atoms with Gasteiger partial charge in [0.05, 0.1) is 6.61 Å². The molecule has 15 heavy (non-hydrogen) atoms. The van der Waals surface area contributed by atoms with Crippen LogP contribution in [-0.4, -0.2) is 25.8 Å². The molecule has 1 rings (SSSR count). The number of ether oxygens (including phenoxy) is 1. The summed E-state index contributed by atoms with van der Waals surface area (Å²) in [5, 5.41) is 3.58. The van der Waals surface area contributed by atoms with Crippen molar-refractivity contribution >= 4 is 0 Å². The van der Waals surface area contributed by atoms with Gasteiger partial charge in [-0.05, 0) is 32.6 Å². The van der Waals surface area contributed by atoms with Gasteiger partial charge in [0.25, 0.3) is 0 Å². The van der Waals surface area contributed by atoms with E-state index in [0.29, 0.717) is 12.1 Å². The van der Waals surface area contributed by atoms with Gasteiger partial charge in [0.15, 0.2) is 0 Å². The Morgan fingerprint density at radius 3 is 2.47 bits per heavy atom. The van der Waals surface area contributed by atoms with Gasteiger partial charge in [-0.1, -0.05) is 25.7 Å². The highest BCUT2D eigenvalue weighted by Gasteiger charge is 2.16. The number of nitrogens with one attached hydrogen (secondary N) is 1. The van der Waals surface area contributed by atoms with Crippen LogP contribution in [-0.2, 0) is 4.74 Å². The highest BCUT2D eigenvalue weighted by atomic mass is 16.5. The monoisotopic (exact) mass is 213 g/mol. The van der Waals surface area contributed by atoms with Crippen molar-refractivity contribution in [2.45, 2.75) is 64.5 Å². The standard InChI is InChI=1S/C13H27NO/c1-11(14-12(2)10-15-3)8-9-13-6-4-5-7-13/h11-14H,4-10H2,1-3H3. The number of rotatable bonds is 7. The van der Waals surface area contributed by atoms with E-state index in [1.165, 1.54) is 38.5 Å². The molecule has 0 heterocycles. The fraction of sp³-hybridized carbons (Fsp3) is 1.00. The number of hydrogen-bond donors (Lipinski definition) is 1. The molecule has 2 nitrogen and oxygen atoms in total. The van der Waals surface area contributed by atoms with Gasteiger partial charge in [0.1, 0.15) is 0 Å². The first-order chi connectivity index (χ1) is 7.22. The van der Waals surface area contributed by atoms with Crippen LogP contribution in [0.1, 0.15) is 52.4 Å². The molecule has 2 unspecified atom stereocenters. The molecular formula is C13H27NO. The van der Waals surface area contributed by atoms with E-state index in [2.05, 4.69) is 19.2 Å². The lowest BCUT2D eigenvalue weighted by atomic mass is 9.99. The minimum atomic E-state index is 0.480. The molecule has 0 aromatic heterocycles. The van der Waals surface area contributed by atoms with Gasteiger partial charge in [-0.15, -0.1) is 0 Å². The molecule has 90 valence electrons. The van der Waals surface area contributed by atoms with Crippen molar-refractivity contribution in [3.05, 3.63) is 0 Å². The quantitative estimate of drug-likeness (QED) is 0.702. The van der Waals surface area contributed by atoms with Crippen LogP contribution in [0.15, 0.2) is 0 Å². The molecule has 0 spiro atoms. The summed E-state index contributed by atoms with van der Waals surface area (Å²) in [6, 6.07) is 1.12. The summed E-state index contributed by atoms with van der Waals surface area (Å²) in [5.41, 5.74) is 0. The largest absolute Gasteiger partial charge is 0.383 e. The van der Waals surface area contributed by atoms with E-state index in [0.717, 1.165) is 12.5 Å². The maximum atomic E-state index is 5.12. The Morgan fingerprint density at radius 2 is 1.87 bits per heavy atom. The van der Waals surface area contributed by atoms with Gasteiger partial charge in [-0.3, -0.25) is 0 Å². The van der Waals surface area contributed by atoms with Crippen LogP contribution in [0.2, 0.25) is 0 Å². The van der Waals surface area contributed by atoms with Crippen LogP contribution < -0.4 is 5.32 Å². The molecule has 2 atom stereocenters. The van der Waals surface area contributed by atoms with Crippen molar-refractivity contribution in [2.24, 2.45) is 5.92 Å². The highest BCUT2D eigenvalue weighted by molar-refractivity contribution is 4.72. The van der Waals surface area contributed by atoms with Crippen LogP contribution in [0.4, 0.5) is 0 Å². The first-order valence-corrected chi connectivity index (χ1v) is 6.47. The predicted octanol–water partition coefficient (Wildman–Crippen LogP) is 2.97. The Bertz CT molecular complexity index is 155. The summed E-state index contributed by atoms with van der Waals surface area (Å²) in [5.74, 6) is 1.02. The number of methoxy groups -OCH3 is 1. The Balaban J connectivity index is 2.04. The van der Waals surface area contributed by atoms with Crippen LogP contribution in [0.25, 0.3) is 0 Å². The van der Waals surface area contributed by atoms with Crippen molar-refractivity contribution in [3.8, 4) is 0 Å². The fourth-order valence-electron chi connectivity index (χ4n) is 2.65. The first-order valence-electron chi connectivity index (χ1n) is 6.47. The molecule has 1 fully saturated rings. The summed E-state index contributed by atoms with van der Waals surface area (Å²) < 4.78 is 5.12. The highest BCUT2D eigenvalue weighted by Crippen LogP contribution is 2.28. The SMILES string of the molecule is COCC(C)NC(C)CCC1CCCC1. The molecule has 0 bridgehead atoms. The van der Waals surface area contributed by atoms with Crippen LogP contribution >= 0.6 is 0 Å². The fourth-order valence-corrected chi connectivity index (χ4v) is 2.65. The van der Waals surface area contributed by atoms with E-state index < -0.39 is 0 Å². The normalized spacial score (nSPS) is 21.8. The summed E-state index contributed by atoms with van der Waals surface area (Å²) >= 11 is 0. The molecule has 0 radical (unpaired) electrons. The molecule has 0 aliphatic heterocycles. The zero-order valence-corrected chi connectivity index (χ0v) is 10.6. The average molecular weight is 213 g/mol. The maximum absolute atomic E-state index is 5.12. The molecule has 0 amide bonds. The van der Waals surface area contributed by atoms with E-state index in [4.69, 9.17) is 4.74 Å². The lowest BCUT2D eigenvalue weighted by Gasteiger charge is -2.20. The van der Waals surface area contributed by atoms with Gasteiger partial charge in [0.2, 0.25) is 0 Å². The Hall–Kier alpha value is -0.0800. The van der Waals surface area contributed by atoms with Gasteiger partial charge in [-0.25, -0.2) is 0 Å². The molecule has 0 aromatic carbocycles. The van der Waals surface area contributed by atoms with E-state index in [1.54, 1.807) is 7.11 Å². The third kappa shape index (κ3) is 5.53. The third-order valence-electron chi connectivity index (χ3n) is 3.47. The molecule has 1 saturated carbocycles. The van der Waals surface area contributed by atoms with E-state index in [1.807, 2.05) is 0 Å². The van der Waals surface area contributed by atoms with Crippen molar-refractivity contribution in [3.63, 3.8) is 0 Å². The summed E-state index contributed by atoms with van der Waals surface area (Å²) in [6.07, 6.45) is 8.60. The van der Waals surface area contributed by atoms with Crippen molar-refractivity contribution in [2.75, 3.05) is 13.7 Å². The van der Waals surface area contributed by atoms with E-state index in [-0.39, 0.29) is 0 Å². The zero-order chi connectivity index (χ0) is 11.1. The van der Waals surface area contributed by atoms with Crippen LogP contribution in [0.5, 0.6) is 0 Å². The molecule has 0 aromatic rings. The third-order valence-corrected chi connectivity index (χ3v) is 3.47. The Kier molecular flexibility index (Phi) is 6.26. The van der Waals surface area contributed by atoms with Gasteiger partial charge < -0.3 is 10.1 Å². The second kappa shape index (κ2) is 7.24. The predicted molar refractivity (Wildman–Crippen MR) is 65.1 cm³/mol. The summed E-state index contributed by atoms with van der Waals surface area (Å²) in [4.78, 5) is 0. The lowest BCUT2D eigenvalue weighted by Crippen LogP contribution is -2.37. The minimum Gasteiger partial charge on any atom is -0.383 e. The Labute approximate surface area is 94.8 Å². The van der Waals surface area contributed by atoms with Crippen LogP contribution in [0.3, 0.4) is 0 Å². The molecular weight excluding hydrogens is 186 g/mol. The van der Waals surface area contributed by atoms with Gasteiger partial charge >= 0.3 is 0 Å². The molecule has 1 aliphatic carbocycles. The number of hydrogen-bond acceptors (Lipinski definition) is 2. The molecule has 1 N–H and O–H groups in total. The molecule has 1 aliphatic rings. The topological polar surface area (TPSA) is 21.3 Å². The van der Waals surface area contributed by atoms with Crippen molar-refractivity contribution < 1.29 is 4.74 Å². The second-order valence-electron chi connectivity index (χ2n) is 5.15. The van der Waals surface area contributed by atoms with Crippen molar-refractivity contribution in [1.82, 2.24) is 5.32 Å². The van der Waals surface area contributed by atoms with Gasteiger partial charge in [0, 0.05) is 19.2 Å². The second-order valence-corrected chi connectivity index (χ2v) is 5.15. The zero-order valence-electron chi connectivity index (χ0n) is 10.6. The molecule has 2 heteroatoms. The van der Waals surface area contributed by atoms with E-state index in [9.17, 15) is 0 Å². The van der Waals surface area contributed by atoms with E-state index >= 15 is 0 Å². The first kappa shape index (κ1) is 13.0. The molecule has 0 saturated heterocycles. The maximum Gasteiger partial charge on any atom is 0.0613 e.